The van der Waals surface area contributed by atoms with Crippen LogP contribution < -0.4 is 11.1 Å². The smallest absolute Gasteiger partial charge is 0.115 e. The minimum absolute atomic E-state index is 0.197. The minimum Gasteiger partial charge on any atom is -0.508 e. The lowest BCUT2D eigenvalue weighted by molar-refractivity contribution is 0.105. The third kappa shape index (κ3) is 3.40. The molecule has 0 amide bonds. The van der Waals surface area contributed by atoms with E-state index in [0.29, 0.717) is 5.69 Å². The number of nitrogens with two attached hydrogens (primary N) is 1. The van der Waals surface area contributed by atoms with Crippen molar-refractivity contribution in [3.05, 3.63) is 42.5 Å². The molecule has 0 fully saturated rings. The average molecular weight is 274 g/mol. The van der Waals surface area contributed by atoms with E-state index in [9.17, 15) is 10.2 Å². The number of phenols is 1. The third-order valence-corrected chi connectivity index (χ3v) is 2.96. The molecule has 106 valence electrons. The number of aliphatic hydroxyl groups is 2. The molecule has 20 heavy (non-hydrogen) atoms. The quantitative estimate of drug-likeness (QED) is 0.531. The summed E-state index contributed by atoms with van der Waals surface area (Å²) in [5.41, 5.74) is 9.01. The van der Waals surface area contributed by atoms with Crippen molar-refractivity contribution in [1.29, 1.82) is 0 Å². The summed E-state index contributed by atoms with van der Waals surface area (Å²) in [5.74, 6) is 0.197. The molecular formula is C15H18N2O3. The summed E-state index contributed by atoms with van der Waals surface area (Å²) in [4.78, 5) is 0. The van der Waals surface area contributed by atoms with Crippen LogP contribution in [0.3, 0.4) is 0 Å². The van der Waals surface area contributed by atoms with Crippen molar-refractivity contribution in [3.8, 4) is 16.9 Å². The first-order valence-corrected chi connectivity index (χ1v) is 6.32. The number of hydrogen-bond acceptors (Lipinski definition) is 5. The molecule has 1 unspecified atom stereocenters. The lowest BCUT2D eigenvalue weighted by Gasteiger charge is -2.15. The Bertz CT molecular complexity index is 570. The van der Waals surface area contributed by atoms with Crippen molar-refractivity contribution in [1.82, 2.24) is 0 Å². The van der Waals surface area contributed by atoms with Gasteiger partial charge in [-0.25, -0.2) is 0 Å². The molecule has 0 aliphatic carbocycles. The molecule has 2 aromatic rings. The maximum Gasteiger partial charge on any atom is 0.115 e. The van der Waals surface area contributed by atoms with Crippen LogP contribution in [-0.4, -0.2) is 34.6 Å². The van der Waals surface area contributed by atoms with Gasteiger partial charge in [-0.2, -0.15) is 0 Å². The van der Waals surface area contributed by atoms with Crippen molar-refractivity contribution in [3.63, 3.8) is 0 Å². The number of anilines is 2. The third-order valence-electron chi connectivity index (χ3n) is 2.96. The molecule has 5 nitrogen and oxygen atoms in total. The van der Waals surface area contributed by atoms with Crippen LogP contribution in [0.1, 0.15) is 0 Å². The van der Waals surface area contributed by atoms with E-state index in [4.69, 9.17) is 10.8 Å². The molecule has 0 aliphatic heterocycles. The van der Waals surface area contributed by atoms with Gasteiger partial charge in [0.2, 0.25) is 0 Å². The molecule has 6 N–H and O–H groups in total. The van der Waals surface area contributed by atoms with Gasteiger partial charge in [-0.15, -0.1) is 0 Å². The van der Waals surface area contributed by atoms with Gasteiger partial charge < -0.3 is 26.4 Å². The number of rotatable bonds is 5. The Morgan fingerprint density at radius 3 is 2.45 bits per heavy atom. The van der Waals surface area contributed by atoms with E-state index in [1.165, 1.54) is 0 Å². The van der Waals surface area contributed by atoms with Gasteiger partial charge in [0.1, 0.15) is 5.75 Å². The van der Waals surface area contributed by atoms with Gasteiger partial charge in [-0.1, -0.05) is 12.1 Å². The summed E-state index contributed by atoms with van der Waals surface area (Å²) >= 11 is 0. The Morgan fingerprint density at radius 1 is 1.10 bits per heavy atom. The predicted molar refractivity (Wildman–Crippen MR) is 79.5 cm³/mol. The highest BCUT2D eigenvalue weighted by molar-refractivity contribution is 5.80. The van der Waals surface area contributed by atoms with Crippen molar-refractivity contribution in [2.45, 2.75) is 6.10 Å². The molecule has 1 atom stereocenters. The summed E-state index contributed by atoms with van der Waals surface area (Å²) < 4.78 is 0. The Morgan fingerprint density at radius 2 is 1.80 bits per heavy atom. The molecular weight excluding hydrogens is 256 g/mol. The Kier molecular flexibility index (Phi) is 4.45. The maximum atomic E-state index is 9.40. The molecule has 0 aliphatic rings. The van der Waals surface area contributed by atoms with E-state index in [0.717, 1.165) is 16.8 Å². The van der Waals surface area contributed by atoms with Gasteiger partial charge in [0.25, 0.3) is 0 Å². The zero-order valence-corrected chi connectivity index (χ0v) is 11.0. The molecule has 0 saturated carbocycles. The number of hydrogen-bond donors (Lipinski definition) is 5. The van der Waals surface area contributed by atoms with Crippen LogP contribution in [0.5, 0.6) is 5.75 Å². The SMILES string of the molecule is Nc1ccc(NCC(O)CO)c(-c2ccc(O)cc2)c1. The van der Waals surface area contributed by atoms with E-state index in [1.807, 2.05) is 12.1 Å². The molecule has 5 heteroatoms. The normalized spacial score (nSPS) is 12.1. The second-order valence-electron chi connectivity index (χ2n) is 4.57. The Balaban J connectivity index is 2.30. The molecule has 0 spiro atoms. The lowest BCUT2D eigenvalue weighted by atomic mass is 10.0. The molecule has 2 aromatic carbocycles. The van der Waals surface area contributed by atoms with E-state index < -0.39 is 6.10 Å². The predicted octanol–water partition coefficient (Wildman–Crippen LogP) is 1.41. The van der Waals surface area contributed by atoms with Crippen LogP contribution in [0.15, 0.2) is 42.5 Å². The highest BCUT2D eigenvalue weighted by Crippen LogP contribution is 2.31. The Hall–Kier alpha value is -2.24. The van der Waals surface area contributed by atoms with E-state index in [2.05, 4.69) is 5.32 Å². The van der Waals surface area contributed by atoms with E-state index >= 15 is 0 Å². The molecule has 2 rings (SSSR count). The maximum absolute atomic E-state index is 9.40. The van der Waals surface area contributed by atoms with Gasteiger partial charge >= 0.3 is 0 Å². The Labute approximate surface area is 117 Å². The molecule has 0 saturated heterocycles. The van der Waals surface area contributed by atoms with Gasteiger partial charge in [0.15, 0.2) is 0 Å². The second kappa shape index (κ2) is 6.27. The van der Waals surface area contributed by atoms with Crippen LogP contribution in [0.25, 0.3) is 11.1 Å². The fourth-order valence-electron chi connectivity index (χ4n) is 1.89. The van der Waals surface area contributed by atoms with Crippen LogP contribution in [-0.2, 0) is 0 Å². The molecule has 0 aromatic heterocycles. The number of benzene rings is 2. The summed E-state index contributed by atoms with van der Waals surface area (Å²) in [6.07, 6.45) is -0.819. The van der Waals surface area contributed by atoms with E-state index in [1.54, 1.807) is 30.3 Å². The summed E-state index contributed by atoms with van der Waals surface area (Å²) in [6.45, 7) is -0.0536. The van der Waals surface area contributed by atoms with Crippen molar-refractivity contribution >= 4 is 11.4 Å². The minimum atomic E-state index is -0.819. The number of nitrogens with one attached hydrogen (secondary N) is 1. The van der Waals surface area contributed by atoms with Crippen molar-refractivity contribution in [2.24, 2.45) is 0 Å². The van der Waals surface area contributed by atoms with Gasteiger partial charge in [0, 0.05) is 23.5 Å². The zero-order chi connectivity index (χ0) is 14.5. The van der Waals surface area contributed by atoms with Gasteiger partial charge in [-0.05, 0) is 35.9 Å². The molecule has 0 radical (unpaired) electrons. The first-order valence-electron chi connectivity index (χ1n) is 6.32. The summed E-state index contributed by atoms with van der Waals surface area (Å²) in [5, 5.41) is 30.6. The van der Waals surface area contributed by atoms with Crippen LogP contribution in [0, 0.1) is 0 Å². The second-order valence-corrected chi connectivity index (χ2v) is 4.57. The number of nitrogen functional groups attached to an aromatic ring is 1. The fourth-order valence-corrected chi connectivity index (χ4v) is 1.89. The fraction of sp³-hybridized carbons (Fsp3) is 0.200. The standard InChI is InChI=1S/C15H18N2O3/c16-11-3-6-15(17-8-13(20)9-18)14(7-11)10-1-4-12(19)5-2-10/h1-7,13,17-20H,8-9,16H2. The topological polar surface area (TPSA) is 98.7 Å². The zero-order valence-electron chi connectivity index (χ0n) is 11.0. The van der Waals surface area contributed by atoms with Crippen LogP contribution >= 0.6 is 0 Å². The summed E-state index contributed by atoms with van der Waals surface area (Å²) in [6, 6.07) is 12.2. The van der Waals surface area contributed by atoms with Gasteiger partial charge in [0.05, 0.1) is 12.7 Å². The highest BCUT2D eigenvalue weighted by Gasteiger charge is 2.08. The number of aromatic hydroxyl groups is 1. The van der Waals surface area contributed by atoms with Crippen molar-refractivity contribution in [2.75, 3.05) is 24.2 Å². The van der Waals surface area contributed by atoms with E-state index in [-0.39, 0.29) is 18.9 Å². The van der Waals surface area contributed by atoms with Crippen LogP contribution in [0.4, 0.5) is 11.4 Å². The number of aliphatic hydroxyl groups excluding tert-OH is 2. The highest BCUT2D eigenvalue weighted by atomic mass is 16.3. The van der Waals surface area contributed by atoms with Crippen molar-refractivity contribution < 1.29 is 15.3 Å². The number of phenolic OH excluding ortho intramolecular Hbond substituents is 1. The summed E-state index contributed by atoms with van der Waals surface area (Å²) in [7, 11) is 0. The molecule has 0 heterocycles. The van der Waals surface area contributed by atoms with Gasteiger partial charge in [-0.3, -0.25) is 0 Å². The monoisotopic (exact) mass is 274 g/mol. The average Bonchev–Trinajstić information content (AvgIpc) is 2.46. The largest absolute Gasteiger partial charge is 0.508 e. The van der Waals surface area contributed by atoms with Crippen LogP contribution in [0.2, 0.25) is 0 Å². The first kappa shape index (κ1) is 14.2. The first-order chi connectivity index (χ1) is 9.60. The lowest BCUT2D eigenvalue weighted by Crippen LogP contribution is -2.23. The molecule has 0 bridgehead atoms.